The maximum atomic E-state index is 11.8. The molecule has 1 unspecified atom stereocenters. The van der Waals surface area contributed by atoms with Crippen LogP contribution in [-0.2, 0) is 9.53 Å². The smallest absolute Gasteiger partial charge is 0.305 e. The van der Waals surface area contributed by atoms with Gasteiger partial charge in [-0.25, -0.2) is 4.98 Å². The van der Waals surface area contributed by atoms with Crippen LogP contribution in [0.15, 0.2) is 29.4 Å². The molecule has 0 aromatic carbocycles. The summed E-state index contributed by atoms with van der Waals surface area (Å²) in [6.07, 6.45) is 2.39. The molecule has 0 fully saturated rings. The molecule has 0 amide bonds. The van der Waals surface area contributed by atoms with Crippen molar-refractivity contribution < 1.29 is 9.53 Å². The first-order valence-corrected chi connectivity index (χ1v) is 12.1. The van der Waals surface area contributed by atoms with E-state index in [1.54, 1.807) is 39.5 Å². The predicted octanol–water partition coefficient (Wildman–Crippen LogP) is 5.20. The topological polar surface area (TPSA) is 63.0 Å². The lowest BCUT2D eigenvalue weighted by Gasteiger charge is -2.20. The van der Waals surface area contributed by atoms with Gasteiger partial charge < -0.3 is 4.74 Å². The van der Waals surface area contributed by atoms with Gasteiger partial charge in [-0.05, 0) is 42.0 Å². The van der Waals surface area contributed by atoms with Gasteiger partial charge in [0, 0.05) is 18.4 Å². The summed E-state index contributed by atoms with van der Waals surface area (Å²) in [5, 5.41) is 10.3. The number of thiocarbonyl (C=S) groups is 1. The number of hydrogen-bond acceptors (Lipinski definition) is 9. The van der Waals surface area contributed by atoms with Gasteiger partial charge in [0.25, 0.3) is 0 Å². The third-order valence-electron chi connectivity index (χ3n) is 2.83. The number of esters is 1. The highest BCUT2D eigenvalue weighted by Gasteiger charge is 2.28. The quantitative estimate of drug-likeness (QED) is 0.215. The molecular formula is C16H20N2O2S5. The number of rotatable bonds is 10. The molecule has 0 aliphatic rings. The highest BCUT2D eigenvalue weighted by Crippen LogP contribution is 2.34. The number of aromatic nitrogens is 1. The molecule has 0 N–H and O–H groups in total. The third-order valence-corrected chi connectivity index (χ3v) is 7.70. The van der Waals surface area contributed by atoms with Crippen molar-refractivity contribution in [3.05, 3.63) is 24.4 Å². The van der Waals surface area contributed by atoms with Crippen LogP contribution < -0.4 is 0 Å². The molecule has 1 atom stereocenters. The second-order valence-electron chi connectivity index (χ2n) is 4.92. The zero-order chi connectivity index (χ0) is 18.5. The van der Waals surface area contributed by atoms with E-state index in [0.717, 1.165) is 14.3 Å². The molecule has 4 nitrogen and oxygen atoms in total. The van der Waals surface area contributed by atoms with E-state index in [0.29, 0.717) is 18.8 Å². The Labute approximate surface area is 171 Å². The van der Waals surface area contributed by atoms with Gasteiger partial charge in [0.05, 0.1) is 6.07 Å². The fraction of sp³-hybridized carbons (Fsp3) is 0.500. The number of hydrogen-bond donors (Lipinski definition) is 0. The Morgan fingerprint density at radius 2 is 2.28 bits per heavy atom. The van der Waals surface area contributed by atoms with Crippen molar-refractivity contribution in [2.75, 3.05) is 18.1 Å². The summed E-state index contributed by atoms with van der Waals surface area (Å²) in [7, 11) is 3.15. The third kappa shape index (κ3) is 10.4. The molecule has 0 saturated carbocycles. The molecular weight excluding hydrogens is 413 g/mol. The Balaban J connectivity index is 2.20. The first-order valence-electron chi connectivity index (χ1n) is 7.62. The normalized spacial score (nSPS) is 12.8. The lowest BCUT2D eigenvalue weighted by Crippen LogP contribution is -2.21. The second-order valence-corrected chi connectivity index (χ2v) is 11.3. The summed E-state index contributed by atoms with van der Waals surface area (Å²) in [4.78, 5) is 16.0. The van der Waals surface area contributed by atoms with E-state index >= 15 is 0 Å². The highest BCUT2D eigenvalue weighted by atomic mass is 33.1. The van der Waals surface area contributed by atoms with E-state index in [-0.39, 0.29) is 12.4 Å². The molecule has 1 aromatic rings. The van der Waals surface area contributed by atoms with Gasteiger partial charge >= 0.3 is 5.97 Å². The molecule has 1 heterocycles. The van der Waals surface area contributed by atoms with Crippen LogP contribution in [0.5, 0.6) is 0 Å². The van der Waals surface area contributed by atoms with Crippen molar-refractivity contribution in [1.82, 2.24) is 4.98 Å². The predicted molar refractivity (Wildman–Crippen MR) is 115 cm³/mol. The summed E-state index contributed by atoms with van der Waals surface area (Å²) in [6, 6.07) is 8.00. The van der Waals surface area contributed by atoms with Crippen LogP contribution in [0.4, 0.5) is 0 Å². The molecule has 0 aliphatic heterocycles. The molecule has 1 rings (SSSR count). The van der Waals surface area contributed by atoms with Crippen molar-refractivity contribution in [3.63, 3.8) is 0 Å². The molecule has 0 radical (unpaired) electrons. The molecule has 1 aromatic heterocycles. The van der Waals surface area contributed by atoms with Crippen molar-refractivity contribution in [2.24, 2.45) is 0 Å². The first-order chi connectivity index (χ1) is 12.0. The van der Waals surface area contributed by atoms with Crippen LogP contribution in [-0.4, -0.2) is 37.3 Å². The van der Waals surface area contributed by atoms with Crippen molar-refractivity contribution in [2.45, 2.75) is 36.5 Å². The average Bonchev–Trinajstić information content (AvgIpc) is 2.61. The van der Waals surface area contributed by atoms with E-state index in [4.69, 9.17) is 17.0 Å². The summed E-state index contributed by atoms with van der Waals surface area (Å²) in [5.74, 6) is 1.29. The van der Waals surface area contributed by atoms with Crippen LogP contribution in [0.25, 0.3) is 0 Å². The van der Waals surface area contributed by atoms with Gasteiger partial charge in [0.1, 0.15) is 19.9 Å². The van der Waals surface area contributed by atoms with E-state index in [9.17, 15) is 10.1 Å². The van der Waals surface area contributed by atoms with Crippen LogP contribution >= 0.6 is 57.3 Å². The Morgan fingerprint density at radius 1 is 1.48 bits per heavy atom. The fourth-order valence-corrected chi connectivity index (χ4v) is 6.17. The Hall–Kier alpha value is -0.400. The number of thioether (sulfide) groups is 2. The Bertz CT molecular complexity index is 594. The monoisotopic (exact) mass is 432 g/mol. The van der Waals surface area contributed by atoms with Gasteiger partial charge in [-0.2, -0.15) is 5.26 Å². The lowest BCUT2D eigenvalue weighted by molar-refractivity contribution is -0.143. The SMILES string of the molecule is CCSC(=S)SC(C)(C#N)CCC(=O)OCCSSc1ccccn1. The summed E-state index contributed by atoms with van der Waals surface area (Å²) in [5.41, 5.74) is 0. The zero-order valence-electron chi connectivity index (χ0n) is 14.1. The largest absolute Gasteiger partial charge is 0.465 e. The Kier molecular flexibility index (Phi) is 11.7. The summed E-state index contributed by atoms with van der Waals surface area (Å²) in [6.45, 7) is 4.18. The van der Waals surface area contributed by atoms with Gasteiger partial charge in [0.2, 0.25) is 0 Å². The number of carbonyl (C=O) groups is 1. The van der Waals surface area contributed by atoms with Crippen LogP contribution in [0.2, 0.25) is 0 Å². The Morgan fingerprint density at radius 3 is 2.92 bits per heavy atom. The molecule has 0 spiro atoms. The number of nitriles is 1. The van der Waals surface area contributed by atoms with E-state index in [1.165, 1.54) is 11.8 Å². The minimum atomic E-state index is -0.693. The minimum Gasteiger partial charge on any atom is -0.465 e. The zero-order valence-corrected chi connectivity index (χ0v) is 18.2. The maximum absolute atomic E-state index is 11.8. The van der Waals surface area contributed by atoms with Crippen molar-refractivity contribution in [1.29, 1.82) is 5.26 Å². The van der Waals surface area contributed by atoms with Crippen molar-refractivity contribution in [3.8, 4) is 6.07 Å². The van der Waals surface area contributed by atoms with Crippen molar-refractivity contribution >= 4 is 66.8 Å². The molecule has 0 bridgehead atoms. The van der Waals surface area contributed by atoms with E-state index < -0.39 is 4.75 Å². The molecule has 9 heteroatoms. The highest BCUT2D eigenvalue weighted by molar-refractivity contribution is 8.76. The van der Waals surface area contributed by atoms with E-state index in [1.807, 2.05) is 32.0 Å². The number of pyridine rings is 1. The van der Waals surface area contributed by atoms with Gasteiger partial charge in [0.15, 0.2) is 0 Å². The lowest BCUT2D eigenvalue weighted by atomic mass is 10.1. The van der Waals surface area contributed by atoms with Gasteiger partial charge in [-0.15, -0.1) is 11.8 Å². The average molecular weight is 433 g/mol. The molecule has 0 aliphatic carbocycles. The van der Waals surface area contributed by atoms with Gasteiger partial charge in [-0.3, -0.25) is 4.79 Å². The summed E-state index contributed by atoms with van der Waals surface area (Å²) < 4.78 is 5.27. The van der Waals surface area contributed by atoms with Crippen LogP contribution in [0.1, 0.15) is 26.7 Å². The van der Waals surface area contributed by atoms with E-state index in [2.05, 4.69) is 11.1 Å². The molecule has 0 saturated heterocycles. The second kappa shape index (κ2) is 12.9. The maximum Gasteiger partial charge on any atom is 0.305 e. The molecule has 136 valence electrons. The first kappa shape index (κ1) is 22.6. The number of nitrogens with zero attached hydrogens (tertiary/aromatic N) is 2. The fourth-order valence-electron chi connectivity index (χ4n) is 1.56. The number of ether oxygens (including phenoxy) is 1. The standard InChI is InChI=1S/C16H20N2O2S5/c1-3-22-15(21)24-16(2,12-17)8-7-14(19)20-10-11-23-25-13-6-4-5-9-18-13/h4-6,9H,3,7-8,10-11H2,1-2H3. The van der Waals surface area contributed by atoms with Gasteiger partial charge in [-0.1, -0.05) is 47.8 Å². The molecule has 25 heavy (non-hydrogen) atoms. The van der Waals surface area contributed by atoms with Crippen LogP contribution in [0, 0.1) is 11.3 Å². The number of carbonyl (C=O) groups excluding carboxylic acids is 1. The minimum absolute atomic E-state index is 0.217. The van der Waals surface area contributed by atoms with Crippen LogP contribution in [0.3, 0.4) is 0 Å². The summed E-state index contributed by atoms with van der Waals surface area (Å²) >= 11 is 8.13.